The molecule has 2 nitrogen and oxygen atoms in total. The predicted molar refractivity (Wildman–Crippen MR) is 63.5 cm³/mol. The standard InChI is InChI=1S/C10H11Cl3N2/c11-6-4-15-10(13)9(12)8(6)7(14)3-5-1-2-5/h4-5,7H,1-3,14H2/t7-/m0/s1. The molecule has 1 saturated carbocycles. The van der Waals surface area contributed by atoms with Crippen LogP contribution in [0.1, 0.15) is 30.9 Å². The normalized spacial score (nSPS) is 17.9. The quantitative estimate of drug-likeness (QED) is 0.843. The molecule has 1 aromatic heterocycles. The Morgan fingerprint density at radius 1 is 1.40 bits per heavy atom. The van der Waals surface area contributed by atoms with E-state index in [1.807, 2.05) is 0 Å². The molecule has 1 fully saturated rings. The van der Waals surface area contributed by atoms with Crippen LogP contribution in [0.25, 0.3) is 0 Å². The molecule has 15 heavy (non-hydrogen) atoms. The number of nitrogens with two attached hydrogens (primary N) is 1. The van der Waals surface area contributed by atoms with Crippen molar-refractivity contribution >= 4 is 34.8 Å². The summed E-state index contributed by atoms with van der Waals surface area (Å²) in [4.78, 5) is 3.86. The number of rotatable bonds is 3. The van der Waals surface area contributed by atoms with Gasteiger partial charge in [-0.1, -0.05) is 47.6 Å². The van der Waals surface area contributed by atoms with Crippen LogP contribution in [-0.4, -0.2) is 4.98 Å². The van der Waals surface area contributed by atoms with Crippen LogP contribution in [0.2, 0.25) is 15.2 Å². The molecule has 5 heteroatoms. The van der Waals surface area contributed by atoms with Gasteiger partial charge in [0, 0.05) is 17.8 Å². The maximum Gasteiger partial charge on any atom is 0.148 e. The van der Waals surface area contributed by atoms with Gasteiger partial charge in [-0.15, -0.1) is 0 Å². The third kappa shape index (κ3) is 2.56. The van der Waals surface area contributed by atoms with Gasteiger partial charge in [-0.25, -0.2) is 4.98 Å². The lowest BCUT2D eigenvalue weighted by Crippen LogP contribution is -2.12. The van der Waals surface area contributed by atoms with Crippen molar-refractivity contribution < 1.29 is 0 Å². The molecule has 1 aliphatic carbocycles. The maximum atomic E-state index is 6.05. The van der Waals surface area contributed by atoms with Crippen molar-refractivity contribution in [3.8, 4) is 0 Å². The number of hydrogen-bond acceptors (Lipinski definition) is 2. The lowest BCUT2D eigenvalue weighted by molar-refractivity contribution is 0.597. The summed E-state index contributed by atoms with van der Waals surface area (Å²) in [7, 11) is 0. The molecule has 1 heterocycles. The van der Waals surface area contributed by atoms with Gasteiger partial charge in [0.25, 0.3) is 0 Å². The lowest BCUT2D eigenvalue weighted by Gasteiger charge is -2.15. The zero-order valence-electron chi connectivity index (χ0n) is 8.01. The predicted octanol–water partition coefficient (Wildman–Crippen LogP) is 3.84. The largest absolute Gasteiger partial charge is 0.324 e. The Bertz CT molecular complexity index is 377. The highest BCUT2D eigenvalue weighted by Crippen LogP contribution is 2.41. The summed E-state index contributed by atoms with van der Waals surface area (Å²) >= 11 is 17.9. The highest BCUT2D eigenvalue weighted by Gasteiger charge is 2.27. The fourth-order valence-corrected chi connectivity index (χ4v) is 2.40. The van der Waals surface area contributed by atoms with Gasteiger partial charge >= 0.3 is 0 Å². The Labute approximate surface area is 104 Å². The monoisotopic (exact) mass is 264 g/mol. The SMILES string of the molecule is N[C@@H](CC1CC1)c1c(Cl)cnc(Cl)c1Cl. The second-order valence-electron chi connectivity index (χ2n) is 3.91. The van der Waals surface area contributed by atoms with Crippen molar-refractivity contribution in [1.29, 1.82) is 0 Å². The van der Waals surface area contributed by atoms with E-state index in [4.69, 9.17) is 40.5 Å². The first-order chi connectivity index (χ1) is 7.09. The Balaban J connectivity index is 2.27. The molecule has 0 radical (unpaired) electrons. The van der Waals surface area contributed by atoms with E-state index in [1.54, 1.807) is 0 Å². The van der Waals surface area contributed by atoms with Crippen LogP contribution >= 0.6 is 34.8 Å². The molecule has 0 amide bonds. The minimum absolute atomic E-state index is 0.141. The van der Waals surface area contributed by atoms with Crippen LogP contribution in [0.3, 0.4) is 0 Å². The van der Waals surface area contributed by atoms with Gasteiger partial charge in [-0.05, 0) is 12.3 Å². The van der Waals surface area contributed by atoms with E-state index in [0.29, 0.717) is 10.0 Å². The Morgan fingerprint density at radius 2 is 2.07 bits per heavy atom. The summed E-state index contributed by atoms with van der Waals surface area (Å²) in [5.41, 5.74) is 6.78. The Kier molecular flexibility index (Phi) is 3.41. The number of halogens is 3. The summed E-state index contributed by atoms with van der Waals surface area (Å²) < 4.78 is 0. The molecular formula is C10H11Cl3N2. The van der Waals surface area contributed by atoms with Gasteiger partial charge in [-0.3, -0.25) is 0 Å². The molecule has 0 spiro atoms. The van der Waals surface area contributed by atoms with Gasteiger partial charge < -0.3 is 5.73 Å². The van der Waals surface area contributed by atoms with Crippen molar-refractivity contribution in [3.63, 3.8) is 0 Å². The molecule has 82 valence electrons. The number of aromatic nitrogens is 1. The molecule has 0 unspecified atom stereocenters. The van der Waals surface area contributed by atoms with Crippen molar-refractivity contribution in [1.82, 2.24) is 4.98 Å². The van der Waals surface area contributed by atoms with Crippen molar-refractivity contribution in [2.24, 2.45) is 11.7 Å². The summed E-state index contributed by atoms with van der Waals surface area (Å²) in [6.45, 7) is 0. The van der Waals surface area contributed by atoms with E-state index in [2.05, 4.69) is 4.98 Å². The summed E-state index contributed by atoms with van der Waals surface area (Å²) in [6, 6.07) is -0.141. The zero-order valence-corrected chi connectivity index (χ0v) is 10.3. The average molecular weight is 266 g/mol. The molecule has 2 rings (SSSR count). The van der Waals surface area contributed by atoms with Gasteiger partial charge in [0.1, 0.15) is 5.15 Å². The molecule has 0 bridgehead atoms. The van der Waals surface area contributed by atoms with Gasteiger partial charge in [0.05, 0.1) is 10.0 Å². The third-order valence-electron chi connectivity index (χ3n) is 2.62. The number of pyridine rings is 1. The molecule has 1 aromatic rings. The lowest BCUT2D eigenvalue weighted by atomic mass is 10.0. The Hall–Kier alpha value is -0.0200. The molecule has 1 aliphatic rings. The minimum Gasteiger partial charge on any atom is -0.324 e. The van der Waals surface area contributed by atoms with E-state index in [-0.39, 0.29) is 11.2 Å². The van der Waals surface area contributed by atoms with Gasteiger partial charge in [0.15, 0.2) is 0 Å². The van der Waals surface area contributed by atoms with Gasteiger partial charge in [-0.2, -0.15) is 0 Å². The van der Waals surface area contributed by atoms with Crippen LogP contribution in [0.5, 0.6) is 0 Å². The molecule has 1 atom stereocenters. The van der Waals surface area contributed by atoms with E-state index in [0.717, 1.165) is 17.9 Å². The van der Waals surface area contributed by atoms with Crippen LogP contribution < -0.4 is 5.73 Å². The molecule has 0 saturated heterocycles. The second kappa shape index (κ2) is 4.46. The Morgan fingerprint density at radius 3 is 2.67 bits per heavy atom. The van der Waals surface area contributed by atoms with Crippen molar-refractivity contribution in [3.05, 3.63) is 27.0 Å². The van der Waals surface area contributed by atoms with Crippen LogP contribution in [0.15, 0.2) is 6.20 Å². The first kappa shape index (κ1) is 11.5. The molecular weight excluding hydrogens is 254 g/mol. The number of nitrogens with zero attached hydrogens (tertiary/aromatic N) is 1. The zero-order chi connectivity index (χ0) is 11.0. The maximum absolute atomic E-state index is 6.05. The molecule has 0 aromatic carbocycles. The third-order valence-corrected chi connectivity index (χ3v) is 3.69. The average Bonchev–Trinajstić information content (AvgIpc) is 2.96. The fraction of sp³-hybridized carbons (Fsp3) is 0.500. The summed E-state index contributed by atoms with van der Waals surface area (Å²) in [5.74, 6) is 0.721. The van der Waals surface area contributed by atoms with E-state index in [9.17, 15) is 0 Å². The summed E-state index contributed by atoms with van der Waals surface area (Å²) in [5, 5.41) is 1.15. The van der Waals surface area contributed by atoms with Crippen LogP contribution in [0, 0.1) is 5.92 Å². The fourth-order valence-electron chi connectivity index (χ4n) is 1.63. The van der Waals surface area contributed by atoms with Crippen molar-refractivity contribution in [2.45, 2.75) is 25.3 Å². The highest BCUT2D eigenvalue weighted by atomic mass is 35.5. The second-order valence-corrected chi connectivity index (χ2v) is 5.05. The minimum atomic E-state index is -0.141. The summed E-state index contributed by atoms with van der Waals surface area (Å²) in [6.07, 6.45) is 4.92. The van der Waals surface area contributed by atoms with Crippen molar-refractivity contribution in [2.75, 3.05) is 0 Å². The van der Waals surface area contributed by atoms with E-state index in [1.165, 1.54) is 19.0 Å². The number of hydrogen-bond donors (Lipinski definition) is 1. The van der Waals surface area contributed by atoms with Crippen LogP contribution in [0.4, 0.5) is 0 Å². The van der Waals surface area contributed by atoms with E-state index >= 15 is 0 Å². The van der Waals surface area contributed by atoms with Crippen LogP contribution in [-0.2, 0) is 0 Å². The molecule has 2 N–H and O–H groups in total. The topological polar surface area (TPSA) is 38.9 Å². The highest BCUT2D eigenvalue weighted by molar-refractivity contribution is 6.43. The van der Waals surface area contributed by atoms with Gasteiger partial charge in [0.2, 0.25) is 0 Å². The molecule has 0 aliphatic heterocycles. The smallest absolute Gasteiger partial charge is 0.148 e. The van der Waals surface area contributed by atoms with E-state index < -0.39 is 0 Å². The first-order valence-corrected chi connectivity index (χ1v) is 5.98. The first-order valence-electron chi connectivity index (χ1n) is 4.84.